The van der Waals surface area contributed by atoms with E-state index in [4.69, 9.17) is 20.2 Å². The van der Waals surface area contributed by atoms with Gasteiger partial charge in [0, 0.05) is 0 Å². The normalized spacial score (nSPS) is 3.43. The molecule has 0 atom stereocenters. The Kier molecular flexibility index (Phi) is 82.2. The van der Waals surface area contributed by atoms with Gasteiger partial charge in [0.05, 0.1) is 0 Å². The van der Waals surface area contributed by atoms with Crippen molar-refractivity contribution >= 4 is 37.7 Å². The van der Waals surface area contributed by atoms with Gasteiger partial charge in [-0.1, -0.05) is 0 Å². The van der Waals surface area contributed by atoms with E-state index in [0.29, 0.717) is 0 Å². The van der Waals surface area contributed by atoms with Crippen molar-refractivity contribution < 1.29 is 13.3 Å². The van der Waals surface area contributed by atoms with Crippen molar-refractivity contribution in [1.82, 2.24) is 0 Å². The monoisotopic (exact) mass is 136 g/mol. The Morgan fingerprint density at radius 3 is 1.14 bits per heavy atom. The summed E-state index contributed by atoms with van der Waals surface area (Å²) in [5, 5.41) is 15.8. The van der Waals surface area contributed by atoms with Crippen molar-refractivity contribution in [2.75, 3.05) is 0 Å². The van der Waals surface area contributed by atoms with Crippen LogP contribution in [0, 0.1) is 9.81 Å². The van der Waals surface area contributed by atoms with E-state index in [1.54, 1.807) is 0 Å². The zero-order valence-electron chi connectivity index (χ0n) is 5.31. The predicted octanol–water partition coefficient (Wildman–Crippen LogP) is 0.128. The first-order chi connectivity index (χ1) is 2.83. The second-order valence-corrected chi connectivity index (χ2v) is 0.163. The van der Waals surface area contributed by atoms with Crippen molar-refractivity contribution in [3.8, 4) is 0 Å². The first-order valence-corrected chi connectivity index (χ1v) is 0.765. The zero-order valence-corrected chi connectivity index (χ0v) is 5.52. The Balaban J connectivity index is -0.00000000889. The SMILES string of the molecule is O=NO.O=NO.[Ca+2].[H-].[H-]. The van der Waals surface area contributed by atoms with Crippen molar-refractivity contribution in [3.63, 3.8) is 0 Å². The van der Waals surface area contributed by atoms with E-state index in [1.807, 2.05) is 0 Å². The molecule has 40 valence electrons. The van der Waals surface area contributed by atoms with Gasteiger partial charge in [0.15, 0.2) is 10.7 Å². The van der Waals surface area contributed by atoms with Crippen LogP contribution in [-0.2, 0) is 0 Å². The topological polar surface area (TPSA) is 99.3 Å². The second-order valence-electron chi connectivity index (χ2n) is 0.163. The molecule has 0 bridgehead atoms. The van der Waals surface area contributed by atoms with Crippen molar-refractivity contribution in [2.45, 2.75) is 0 Å². The molecule has 0 amide bonds. The molecule has 0 aliphatic rings. The number of hydrogen-bond donors (Lipinski definition) is 2. The molecule has 0 aliphatic heterocycles. The van der Waals surface area contributed by atoms with Crippen LogP contribution in [0.1, 0.15) is 2.85 Å². The minimum Gasteiger partial charge on any atom is -1.00 e. The summed E-state index contributed by atoms with van der Waals surface area (Å²) in [6.07, 6.45) is 0. The average molecular weight is 136 g/mol. The summed E-state index contributed by atoms with van der Waals surface area (Å²) in [5.74, 6) is 0. The van der Waals surface area contributed by atoms with Gasteiger partial charge in [-0.3, -0.25) is 0 Å². The number of rotatable bonds is 0. The maximum absolute atomic E-state index is 8.11. The van der Waals surface area contributed by atoms with Gasteiger partial charge < -0.3 is 13.3 Å². The first kappa shape index (κ1) is 15.7. The van der Waals surface area contributed by atoms with E-state index in [1.165, 1.54) is 10.7 Å². The molecule has 0 radical (unpaired) electrons. The maximum atomic E-state index is 8.11. The summed E-state index contributed by atoms with van der Waals surface area (Å²) >= 11 is 0. The summed E-state index contributed by atoms with van der Waals surface area (Å²) in [5.41, 5.74) is 0. The van der Waals surface area contributed by atoms with Crippen LogP contribution in [0.15, 0.2) is 10.7 Å². The van der Waals surface area contributed by atoms with Crippen LogP contribution in [0.5, 0.6) is 0 Å². The molecule has 0 spiro atoms. The summed E-state index contributed by atoms with van der Waals surface area (Å²) in [7, 11) is 0. The quantitative estimate of drug-likeness (QED) is 0.281. The fourth-order valence-electron chi connectivity index (χ4n) is 0. The molecule has 6 nitrogen and oxygen atoms in total. The number of nitrogens with zero attached hydrogens (tertiary/aromatic N) is 2. The van der Waals surface area contributed by atoms with Crippen LogP contribution in [0.2, 0.25) is 0 Å². The summed E-state index contributed by atoms with van der Waals surface area (Å²) < 4.78 is 0. The number of hydrogen-bond acceptors (Lipinski definition) is 4. The van der Waals surface area contributed by atoms with E-state index >= 15 is 0 Å². The molecule has 0 aliphatic carbocycles. The van der Waals surface area contributed by atoms with Gasteiger partial charge in [-0.05, 0) is 0 Å². The fourth-order valence-corrected chi connectivity index (χ4v) is 0. The van der Waals surface area contributed by atoms with Crippen LogP contribution in [0.3, 0.4) is 0 Å². The van der Waals surface area contributed by atoms with Crippen LogP contribution in [-0.4, -0.2) is 48.2 Å². The Morgan fingerprint density at radius 1 is 1.14 bits per heavy atom. The largest absolute Gasteiger partial charge is 2.00 e. The van der Waals surface area contributed by atoms with Gasteiger partial charge in [-0.2, -0.15) is 0 Å². The zero-order chi connectivity index (χ0) is 5.41. The summed E-state index contributed by atoms with van der Waals surface area (Å²) in [6, 6.07) is 0. The molecule has 0 fully saturated rings. The first-order valence-electron chi connectivity index (χ1n) is 0.765. The molecule has 2 N–H and O–H groups in total. The van der Waals surface area contributed by atoms with Gasteiger partial charge in [-0.25, -0.2) is 0 Å². The molecule has 0 heterocycles. The van der Waals surface area contributed by atoms with Crippen molar-refractivity contribution in [3.05, 3.63) is 9.81 Å². The fraction of sp³-hybridized carbons (Fsp3) is 0. The van der Waals surface area contributed by atoms with Crippen LogP contribution >= 0.6 is 0 Å². The Morgan fingerprint density at radius 2 is 1.14 bits per heavy atom. The minimum atomic E-state index is 0. The third-order valence-corrected chi connectivity index (χ3v) is 0. The molecular weight excluding hydrogens is 132 g/mol. The summed E-state index contributed by atoms with van der Waals surface area (Å²) in [4.78, 5) is 16.2. The molecule has 0 rings (SSSR count). The molecule has 0 aromatic carbocycles. The van der Waals surface area contributed by atoms with E-state index in [2.05, 4.69) is 0 Å². The predicted molar refractivity (Wildman–Crippen MR) is 23.1 cm³/mol. The third kappa shape index (κ3) is 28000. The van der Waals surface area contributed by atoms with Crippen molar-refractivity contribution in [2.24, 2.45) is 10.7 Å². The van der Waals surface area contributed by atoms with E-state index in [-0.39, 0.29) is 40.6 Å². The average Bonchev–Trinajstić information content (AvgIpc) is 1.39. The van der Waals surface area contributed by atoms with Crippen LogP contribution in [0.25, 0.3) is 0 Å². The van der Waals surface area contributed by atoms with Gasteiger partial charge in [0.2, 0.25) is 0 Å². The van der Waals surface area contributed by atoms with Crippen LogP contribution in [0.4, 0.5) is 0 Å². The van der Waals surface area contributed by atoms with Crippen molar-refractivity contribution in [1.29, 1.82) is 0 Å². The molecule has 0 aromatic heterocycles. The molecule has 7 heteroatoms. The van der Waals surface area contributed by atoms with E-state index < -0.39 is 0 Å². The third-order valence-electron chi connectivity index (χ3n) is 0. The summed E-state index contributed by atoms with van der Waals surface area (Å²) in [6.45, 7) is 0. The smallest absolute Gasteiger partial charge is 1.00 e. The molecule has 0 unspecified atom stereocenters. The Labute approximate surface area is 71.4 Å². The van der Waals surface area contributed by atoms with Gasteiger partial charge in [0.25, 0.3) is 0 Å². The molecule has 7 heavy (non-hydrogen) atoms. The molecule has 0 saturated carbocycles. The van der Waals surface area contributed by atoms with Crippen LogP contribution < -0.4 is 0 Å². The maximum Gasteiger partial charge on any atom is 2.00 e. The van der Waals surface area contributed by atoms with Gasteiger partial charge in [-0.15, -0.1) is 9.81 Å². The molecule has 0 saturated heterocycles. The Hall–Kier alpha value is 0.0597. The second kappa shape index (κ2) is 36.6. The van der Waals surface area contributed by atoms with Gasteiger partial charge in [0.1, 0.15) is 0 Å². The van der Waals surface area contributed by atoms with E-state index in [0.717, 1.165) is 0 Å². The standard InChI is InChI=1S/Ca.2HNO2.2H/c;2*2-1-3;;/h;2*(H,2,3);;/q+2;;;2*-1. The molecule has 0 aromatic rings. The van der Waals surface area contributed by atoms with E-state index in [9.17, 15) is 0 Å². The van der Waals surface area contributed by atoms with Gasteiger partial charge >= 0.3 is 37.7 Å². The Bertz CT molecular complexity index is 37.5. The molecular formula is H4CaN2O4. The minimum absolute atomic E-state index is 0.